The van der Waals surface area contributed by atoms with Gasteiger partial charge in [-0.3, -0.25) is 10.1 Å². The van der Waals surface area contributed by atoms with Crippen molar-refractivity contribution in [2.24, 2.45) is 5.92 Å². The highest BCUT2D eigenvalue weighted by molar-refractivity contribution is 5.73. The Kier molecular flexibility index (Phi) is 6.96. The fraction of sp³-hybridized carbons (Fsp3) is 0.600. The van der Waals surface area contributed by atoms with Crippen molar-refractivity contribution in [3.63, 3.8) is 0 Å². The average Bonchev–Trinajstić information content (AvgIpc) is 2.59. The van der Waals surface area contributed by atoms with Crippen LogP contribution in [0.25, 0.3) is 0 Å². The minimum absolute atomic E-state index is 0.132. The molecule has 2 atom stereocenters. The first-order valence-electron chi connectivity index (χ1n) is 9.26. The van der Waals surface area contributed by atoms with Gasteiger partial charge in [0.2, 0.25) is 0 Å². The van der Waals surface area contributed by atoms with Crippen LogP contribution in [0.1, 0.15) is 63.5 Å². The second-order valence-electron chi connectivity index (χ2n) is 7.97. The topological polar surface area (TPSA) is 64.6 Å². The van der Waals surface area contributed by atoms with Gasteiger partial charge < -0.3 is 9.47 Å². The van der Waals surface area contributed by atoms with Crippen molar-refractivity contribution in [2.75, 3.05) is 6.73 Å². The van der Waals surface area contributed by atoms with Crippen molar-refractivity contribution < 1.29 is 32.2 Å². The van der Waals surface area contributed by atoms with Crippen LogP contribution in [0.2, 0.25) is 0 Å². The predicted molar refractivity (Wildman–Crippen MR) is 96.5 cm³/mol. The van der Waals surface area contributed by atoms with E-state index in [0.717, 1.165) is 25.0 Å². The Morgan fingerprint density at radius 1 is 1.18 bits per heavy atom. The van der Waals surface area contributed by atoms with E-state index >= 15 is 0 Å². The maximum atomic E-state index is 12.9. The maximum absolute atomic E-state index is 12.9. The second-order valence-corrected chi connectivity index (χ2v) is 7.97. The number of halogens is 3. The molecule has 0 spiro atoms. The Balaban J connectivity index is 1.89. The van der Waals surface area contributed by atoms with Gasteiger partial charge in [-0.15, -0.1) is 0 Å². The summed E-state index contributed by atoms with van der Waals surface area (Å²) in [6.45, 7) is 4.84. The number of rotatable bonds is 4. The van der Waals surface area contributed by atoms with Gasteiger partial charge in [0.25, 0.3) is 0 Å². The Morgan fingerprint density at radius 2 is 1.89 bits per heavy atom. The number of alkyl carbamates (subject to hydrolysis) is 1. The zero-order valence-electron chi connectivity index (χ0n) is 16.3. The molecule has 5 nitrogen and oxygen atoms in total. The van der Waals surface area contributed by atoms with Gasteiger partial charge in [0.05, 0.1) is 11.5 Å². The lowest BCUT2D eigenvalue weighted by molar-refractivity contribution is -0.150. The number of alkyl halides is 3. The van der Waals surface area contributed by atoms with E-state index in [9.17, 15) is 22.8 Å². The lowest BCUT2D eigenvalue weighted by Crippen LogP contribution is -2.35. The van der Waals surface area contributed by atoms with Crippen LogP contribution in [0.5, 0.6) is 0 Å². The first-order valence-corrected chi connectivity index (χ1v) is 9.26. The number of hydrogen-bond acceptors (Lipinski definition) is 4. The van der Waals surface area contributed by atoms with E-state index in [1.54, 1.807) is 26.8 Å². The molecule has 1 amide bonds. The molecular weight excluding hydrogens is 375 g/mol. The third kappa shape index (κ3) is 6.73. The molecule has 1 aromatic carbocycles. The summed E-state index contributed by atoms with van der Waals surface area (Å²) in [6.07, 6.45) is -2.60. The Bertz CT molecular complexity index is 697. The Hall–Kier alpha value is -2.25. The van der Waals surface area contributed by atoms with E-state index in [-0.39, 0.29) is 12.6 Å². The highest BCUT2D eigenvalue weighted by Gasteiger charge is 2.33. The van der Waals surface area contributed by atoms with Crippen LogP contribution < -0.4 is 5.32 Å². The molecule has 0 saturated heterocycles. The van der Waals surface area contributed by atoms with E-state index in [1.807, 2.05) is 0 Å². The molecule has 1 aliphatic carbocycles. The van der Waals surface area contributed by atoms with Crippen LogP contribution in [0.15, 0.2) is 24.3 Å². The van der Waals surface area contributed by atoms with E-state index in [0.29, 0.717) is 18.4 Å². The summed E-state index contributed by atoms with van der Waals surface area (Å²) in [5, 5.41) is 2.35. The van der Waals surface area contributed by atoms with Crippen molar-refractivity contribution in [2.45, 2.75) is 64.1 Å². The number of esters is 1. The molecule has 0 bridgehead atoms. The van der Waals surface area contributed by atoms with Gasteiger partial charge in [0, 0.05) is 0 Å². The molecule has 0 aromatic heterocycles. The third-order valence-corrected chi connectivity index (χ3v) is 4.52. The lowest BCUT2D eigenvalue weighted by atomic mass is 9.78. The summed E-state index contributed by atoms with van der Waals surface area (Å²) in [6, 6.07) is 5.26. The molecule has 1 aromatic rings. The smallest absolute Gasteiger partial charge is 0.416 e. The molecule has 1 fully saturated rings. The quantitative estimate of drug-likeness (QED) is 0.569. The van der Waals surface area contributed by atoms with Crippen molar-refractivity contribution in [3.8, 4) is 0 Å². The standard InChI is InChI=1S/C20H26F3NO4/c1-19(2,3)28-18(26)24-12-27-17(25)15-8-4-6-13(10-15)14-7-5-9-16(11-14)20(21,22)23/h5,7,9,11,13,15H,4,6,8,10,12H2,1-3H3,(H,24,26)/t13-,15+/m0/s1. The number of hydrogen-bond donors (Lipinski definition) is 1. The molecule has 8 heteroatoms. The van der Waals surface area contributed by atoms with Gasteiger partial charge in [-0.05, 0) is 57.6 Å². The second kappa shape index (κ2) is 8.84. The Labute approximate surface area is 162 Å². The number of carbonyl (C=O) groups is 2. The Morgan fingerprint density at radius 3 is 2.54 bits per heavy atom. The van der Waals surface area contributed by atoms with Crippen molar-refractivity contribution in [3.05, 3.63) is 35.4 Å². The van der Waals surface area contributed by atoms with Crippen LogP contribution in [0.4, 0.5) is 18.0 Å². The van der Waals surface area contributed by atoms with E-state index in [2.05, 4.69) is 5.32 Å². The van der Waals surface area contributed by atoms with E-state index < -0.39 is 35.3 Å². The summed E-state index contributed by atoms with van der Waals surface area (Å²) in [5.74, 6) is -1.01. The van der Waals surface area contributed by atoms with E-state index in [1.165, 1.54) is 6.07 Å². The van der Waals surface area contributed by atoms with Crippen molar-refractivity contribution in [1.82, 2.24) is 5.32 Å². The van der Waals surface area contributed by atoms with E-state index in [4.69, 9.17) is 9.47 Å². The predicted octanol–water partition coefficient (Wildman–Crippen LogP) is 5.00. The molecule has 28 heavy (non-hydrogen) atoms. The van der Waals surface area contributed by atoms with Gasteiger partial charge in [-0.2, -0.15) is 13.2 Å². The molecule has 1 aliphatic rings. The van der Waals surface area contributed by atoms with Crippen LogP contribution in [-0.2, 0) is 20.4 Å². The number of amides is 1. The van der Waals surface area contributed by atoms with Gasteiger partial charge in [0.1, 0.15) is 5.60 Å². The van der Waals surface area contributed by atoms with Crippen molar-refractivity contribution >= 4 is 12.1 Å². The van der Waals surface area contributed by atoms with Crippen LogP contribution >= 0.6 is 0 Å². The molecule has 0 unspecified atom stereocenters. The van der Waals surface area contributed by atoms with Gasteiger partial charge in [-0.25, -0.2) is 4.79 Å². The molecule has 1 saturated carbocycles. The normalized spacial score (nSPS) is 20.4. The molecule has 1 N–H and O–H groups in total. The SMILES string of the molecule is CC(C)(C)OC(=O)NCOC(=O)[C@@H]1CCC[C@H](c2cccc(C(F)(F)F)c2)C1. The summed E-state index contributed by atoms with van der Waals surface area (Å²) in [7, 11) is 0. The minimum Gasteiger partial charge on any atom is -0.444 e. The largest absolute Gasteiger partial charge is 0.444 e. The lowest BCUT2D eigenvalue weighted by Gasteiger charge is -2.28. The molecule has 0 aliphatic heterocycles. The van der Waals surface area contributed by atoms with Crippen LogP contribution in [0, 0.1) is 5.92 Å². The van der Waals surface area contributed by atoms with Gasteiger partial charge in [-0.1, -0.05) is 24.6 Å². The summed E-state index contributed by atoms with van der Waals surface area (Å²) >= 11 is 0. The molecule has 0 radical (unpaired) electrons. The number of ether oxygens (including phenoxy) is 2. The third-order valence-electron chi connectivity index (χ3n) is 4.52. The highest BCUT2D eigenvalue weighted by Crippen LogP contribution is 2.38. The average molecular weight is 401 g/mol. The molecular formula is C20H26F3NO4. The van der Waals surface area contributed by atoms with Gasteiger partial charge >= 0.3 is 18.2 Å². The molecule has 156 valence electrons. The van der Waals surface area contributed by atoms with Crippen LogP contribution in [-0.4, -0.2) is 24.4 Å². The first kappa shape index (κ1) is 22.0. The first-order chi connectivity index (χ1) is 13.0. The fourth-order valence-corrected chi connectivity index (χ4v) is 3.27. The number of nitrogens with one attached hydrogen (secondary N) is 1. The van der Waals surface area contributed by atoms with Crippen LogP contribution in [0.3, 0.4) is 0 Å². The summed E-state index contributed by atoms with van der Waals surface area (Å²) < 4.78 is 48.9. The summed E-state index contributed by atoms with van der Waals surface area (Å²) in [5.41, 5.74) is -0.759. The molecule has 0 heterocycles. The summed E-state index contributed by atoms with van der Waals surface area (Å²) in [4.78, 5) is 23.8. The number of benzene rings is 1. The molecule has 2 rings (SSSR count). The van der Waals surface area contributed by atoms with Crippen molar-refractivity contribution in [1.29, 1.82) is 0 Å². The monoisotopic (exact) mass is 401 g/mol. The minimum atomic E-state index is -4.39. The van der Waals surface area contributed by atoms with Gasteiger partial charge in [0.15, 0.2) is 6.73 Å². The highest BCUT2D eigenvalue weighted by atomic mass is 19.4. The maximum Gasteiger partial charge on any atom is 0.416 e. The fourth-order valence-electron chi connectivity index (χ4n) is 3.27. The zero-order chi connectivity index (χ0) is 20.9. The number of carbonyl (C=O) groups excluding carboxylic acids is 2. The zero-order valence-corrected chi connectivity index (χ0v) is 16.3.